The average Bonchev–Trinajstić information content (AvgIpc) is 3.29. The maximum absolute atomic E-state index is 6.00. The third-order valence-corrected chi connectivity index (χ3v) is 5.32. The van der Waals surface area contributed by atoms with Crippen molar-refractivity contribution in [2.24, 2.45) is 0 Å². The predicted molar refractivity (Wildman–Crippen MR) is 131 cm³/mol. The van der Waals surface area contributed by atoms with Gasteiger partial charge >= 0.3 is 0 Å². The van der Waals surface area contributed by atoms with Crippen molar-refractivity contribution in [1.29, 1.82) is 0 Å². The van der Waals surface area contributed by atoms with Gasteiger partial charge in [-0.3, -0.25) is 4.98 Å². The van der Waals surface area contributed by atoms with E-state index in [9.17, 15) is 0 Å². The number of rotatable bonds is 8. The molecule has 0 aliphatic rings. The van der Waals surface area contributed by atoms with Gasteiger partial charge in [-0.25, -0.2) is 9.97 Å². The second kappa shape index (κ2) is 9.04. The van der Waals surface area contributed by atoms with Crippen molar-refractivity contribution in [3.8, 4) is 11.5 Å². The Labute approximate surface area is 191 Å². The summed E-state index contributed by atoms with van der Waals surface area (Å²) in [5.41, 5.74) is 4.73. The molecule has 2 aromatic carbocycles. The number of benzene rings is 2. The van der Waals surface area contributed by atoms with Crippen LogP contribution in [0.3, 0.4) is 0 Å². The van der Waals surface area contributed by atoms with Crippen LogP contribution in [0.1, 0.15) is 5.69 Å². The van der Waals surface area contributed by atoms with Gasteiger partial charge in [-0.1, -0.05) is 6.07 Å². The first-order valence-corrected chi connectivity index (χ1v) is 10.7. The van der Waals surface area contributed by atoms with Crippen LogP contribution in [0.5, 0.6) is 11.5 Å². The van der Waals surface area contributed by atoms with E-state index in [2.05, 4.69) is 42.7 Å². The van der Waals surface area contributed by atoms with Crippen molar-refractivity contribution in [3.05, 3.63) is 72.9 Å². The molecule has 5 rings (SSSR count). The molecule has 3 N–H and O–H groups in total. The van der Waals surface area contributed by atoms with Crippen LogP contribution in [-0.4, -0.2) is 40.2 Å². The Balaban J connectivity index is 1.34. The summed E-state index contributed by atoms with van der Waals surface area (Å²) in [6.45, 7) is 3.07. The number of aromatic amines is 1. The van der Waals surface area contributed by atoms with Gasteiger partial charge in [0.2, 0.25) is 0 Å². The molecule has 0 bridgehead atoms. The first kappa shape index (κ1) is 20.6. The monoisotopic (exact) mass is 440 g/mol. The average molecular weight is 441 g/mol. The summed E-state index contributed by atoms with van der Waals surface area (Å²) >= 11 is 0. The minimum absolute atomic E-state index is 0.468. The van der Waals surface area contributed by atoms with Crippen molar-refractivity contribution in [2.75, 3.05) is 30.9 Å². The number of anilines is 3. The molecule has 0 amide bonds. The summed E-state index contributed by atoms with van der Waals surface area (Å²) in [6, 6.07) is 15.9. The van der Waals surface area contributed by atoms with Crippen molar-refractivity contribution in [2.45, 2.75) is 6.92 Å². The zero-order chi connectivity index (χ0) is 22.6. The van der Waals surface area contributed by atoms with Crippen molar-refractivity contribution >= 4 is 39.0 Å². The Morgan fingerprint density at radius 1 is 0.939 bits per heavy atom. The first-order valence-electron chi connectivity index (χ1n) is 10.7. The minimum Gasteiger partial charge on any atom is -0.493 e. The highest BCUT2D eigenvalue weighted by Gasteiger charge is 2.12. The number of fused-ring (bicyclic) bond motifs is 2. The lowest BCUT2D eigenvalue weighted by Crippen LogP contribution is -2.12. The molecule has 0 radical (unpaired) electrons. The number of aryl methyl sites for hydroxylation is 1. The standard InChI is InChI=1S/C25H24N6O2/c1-16-11-18(6-8-26-16)27-9-10-33-24-14-22-20(13-23(24)32-2)25(30-15-29-22)31-19-4-3-17-5-7-28-21(17)12-19/h3-8,11-15,28H,9-10H2,1-2H3,(H,26,27)(H,29,30,31). The number of aromatic nitrogens is 4. The van der Waals surface area contributed by atoms with Crippen LogP contribution in [0.25, 0.3) is 21.8 Å². The lowest BCUT2D eigenvalue weighted by Gasteiger charge is -2.14. The maximum Gasteiger partial charge on any atom is 0.163 e. The molecule has 3 heterocycles. The van der Waals surface area contributed by atoms with Crippen LogP contribution < -0.4 is 20.1 Å². The van der Waals surface area contributed by atoms with E-state index in [-0.39, 0.29) is 0 Å². The molecule has 0 spiro atoms. The Hall–Kier alpha value is -4.33. The van der Waals surface area contributed by atoms with Crippen LogP contribution in [0.15, 0.2) is 67.3 Å². The molecule has 166 valence electrons. The zero-order valence-corrected chi connectivity index (χ0v) is 18.4. The molecular formula is C25H24N6O2. The summed E-state index contributed by atoms with van der Waals surface area (Å²) in [7, 11) is 1.63. The molecule has 0 aliphatic carbocycles. The van der Waals surface area contributed by atoms with Gasteiger partial charge in [-0.15, -0.1) is 0 Å². The molecule has 33 heavy (non-hydrogen) atoms. The van der Waals surface area contributed by atoms with E-state index in [4.69, 9.17) is 9.47 Å². The number of pyridine rings is 1. The molecule has 0 fully saturated rings. The molecule has 0 unspecified atom stereocenters. The predicted octanol–water partition coefficient (Wildman–Crippen LogP) is 5.06. The highest BCUT2D eigenvalue weighted by atomic mass is 16.5. The van der Waals surface area contributed by atoms with Crippen molar-refractivity contribution < 1.29 is 9.47 Å². The van der Waals surface area contributed by atoms with Gasteiger partial charge in [0.05, 0.1) is 12.6 Å². The molecule has 3 aromatic heterocycles. The summed E-state index contributed by atoms with van der Waals surface area (Å²) in [5, 5.41) is 8.73. The molecule has 0 saturated carbocycles. The van der Waals surface area contributed by atoms with Crippen LogP contribution in [0.2, 0.25) is 0 Å². The summed E-state index contributed by atoms with van der Waals surface area (Å²) in [6.07, 6.45) is 5.25. The number of ether oxygens (including phenoxy) is 2. The Bertz CT molecular complexity index is 1410. The number of hydrogen-bond acceptors (Lipinski definition) is 7. The quantitative estimate of drug-likeness (QED) is 0.290. The van der Waals surface area contributed by atoms with E-state index in [0.717, 1.165) is 38.9 Å². The normalized spacial score (nSPS) is 11.0. The summed E-state index contributed by atoms with van der Waals surface area (Å²) in [5.74, 6) is 1.96. The van der Waals surface area contributed by atoms with Gasteiger partial charge in [0.25, 0.3) is 0 Å². The van der Waals surface area contributed by atoms with Crippen LogP contribution in [-0.2, 0) is 0 Å². The largest absolute Gasteiger partial charge is 0.493 e. The Kier molecular flexibility index (Phi) is 5.63. The van der Waals surface area contributed by atoms with Crippen molar-refractivity contribution in [3.63, 3.8) is 0 Å². The number of nitrogens with one attached hydrogen (secondary N) is 3. The van der Waals surface area contributed by atoms with Gasteiger partial charge in [0, 0.05) is 53.0 Å². The molecule has 8 heteroatoms. The topological polar surface area (TPSA) is 97.0 Å². The van der Waals surface area contributed by atoms with Gasteiger partial charge < -0.3 is 25.1 Å². The number of nitrogens with zero attached hydrogens (tertiary/aromatic N) is 3. The van der Waals surface area contributed by atoms with E-state index in [0.29, 0.717) is 30.5 Å². The SMILES string of the molecule is COc1cc2c(Nc3ccc4cc[nH]c4c3)ncnc2cc1OCCNc1ccnc(C)c1. The first-order chi connectivity index (χ1) is 16.2. The van der Waals surface area contributed by atoms with Gasteiger partial charge in [0.1, 0.15) is 18.8 Å². The van der Waals surface area contributed by atoms with Crippen LogP contribution in [0.4, 0.5) is 17.2 Å². The molecule has 0 saturated heterocycles. The smallest absolute Gasteiger partial charge is 0.163 e. The number of methoxy groups -OCH3 is 1. The highest BCUT2D eigenvalue weighted by molar-refractivity contribution is 5.94. The molecular weight excluding hydrogens is 416 g/mol. The maximum atomic E-state index is 6.00. The number of hydrogen-bond donors (Lipinski definition) is 3. The van der Waals surface area contributed by atoms with E-state index in [1.165, 1.54) is 0 Å². The fourth-order valence-corrected chi connectivity index (χ4v) is 3.71. The third-order valence-electron chi connectivity index (χ3n) is 5.32. The molecule has 8 nitrogen and oxygen atoms in total. The highest BCUT2D eigenvalue weighted by Crippen LogP contribution is 2.35. The van der Waals surface area contributed by atoms with E-state index in [1.807, 2.05) is 49.5 Å². The molecule has 0 aliphatic heterocycles. The van der Waals surface area contributed by atoms with Gasteiger partial charge in [-0.05, 0) is 48.7 Å². The van der Waals surface area contributed by atoms with E-state index in [1.54, 1.807) is 19.6 Å². The Morgan fingerprint density at radius 2 is 1.88 bits per heavy atom. The summed E-state index contributed by atoms with van der Waals surface area (Å²) in [4.78, 5) is 16.3. The van der Waals surface area contributed by atoms with Crippen LogP contribution in [0, 0.1) is 6.92 Å². The van der Waals surface area contributed by atoms with E-state index < -0.39 is 0 Å². The van der Waals surface area contributed by atoms with Crippen molar-refractivity contribution in [1.82, 2.24) is 19.9 Å². The second-order valence-corrected chi connectivity index (χ2v) is 7.61. The molecule has 5 aromatic rings. The lowest BCUT2D eigenvalue weighted by molar-refractivity contribution is 0.306. The zero-order valence-electron chi connectivity index (χ0n) is 18.4. The fraction of sp³-hybridized carbons (Fsp3) is 0.160. The van der Waals surface area contributed by atoms with Crippen LogP contribution >= 0.6 is 0 Å². The fourth-order valence-electron chi connectivity index (χ4n) is 3.71. The summed E-state index contributed by atoms with van der Waals surface area (Å²) < 4.78 is 11.6. The third kappa shape index (κ3) is 4.50. The Morgan fingerprint density at radius 3 is 2.76 bits per heavy atom. The molecule has 0 atom stereocenters. The second-order valence-electron chi connectivity index (χ2n) is 7.61. The lowest BCUT2D eigenvalue weighted by atomic mass is 10.2. The number of H-pyrrole nitrogens is 1. The minimum atomic E-state index is 0.468. The van der Waals surface area contributed by atoms with Gasteiger partial charge in [-0.2, -0.15) is 0 Å². The van der Waals surface area contributed by atoms with Gasteiger partial charge in [0.15, 0.2) is 11.5 Å². The van der Waals surface area contributed by atoms with E-state index >= 15 is 0 Å².